The Bertz CT molecular complexity index is 844. The van der Waals surface area contributed by atoms with Gasteiger partial charge in [0, 0.05) is 51.9 Å². The van der Waals surface area contributed by atoms with Gasteiger partial charge in [-0.1, -0.05) is 0 Å². The molecule has 1 atom stereocenters. The van der Waals surface area contributed by atoms with E-state index in [1.807, 2.05) is 47.2 Å². The highest BCUT2D eigenvalue weighted by Crippen LogP contribution is 2.27. The number of nitrogens with zero attached hydrogens (tertiary/aromatic N) is 6. The zero-order valence-electron chi connectivity index (χ0n) is 16.7. The van der Waals surface area contributed by atoms with E-state index in [0.29, 0.717) is 30.8 Å². The van der Waals surface area contributed by atoms with Crippen molar-refractivity contribution in [3.05, 3.63) is 29.7 Å². The van der Waals surface area contributed by atoms with Crippen molar-refractivity contribution in [2.24, 2.45) is 0 Å². The smallest absolute Gasteiger partial charge is 0.319 e. The van der Waals surface area contributed by atoms with E-state index in [2.05, 4.69) is 10.2 Å². The second-order valence-electron chi connectivity index (χ2n) is 7.50. The summed E-state index contributed by atoms with van der Waals surface area (Å²) in [4.78, 5) is 30.3. The molecule has 8 nitrogen and oxygen atoms in total. The third-order valence-electron chi connectivity index (χ3n) is 5.11. The van der Waals surface area contributed by atoms with Crippen LogP contribution in [0.4, 0.5) is 4.79 Å². The minimum absolute atomic E-state index is 0.00452. The number of carbonyl (C=O) groups excluding carboxylic acids is 2. The zero-order valence-corrected chi connectivity index (χ0v) is 16.7. The summed E-state index contributed by atoms with van der Waals surface area (Å²) >= 11 is 0. The van der Waals surface area contributed by atoms with Gasteiger partial charge in [-0.2, -0.15) is 0 Å². The minimum Gasteiger partial charge on any atom is -0.336 e. The number of hydrogen-bond acceptors (Lipinski definition) is 4. The lowest BCUT2D eigenvalue weighted by Gasteiger charge is -2.25. The van der Waals surface area contributed by atoms with E-state index in [0.717, 1.165) is 12.2 Å². The Morgan fingerprint density at radius 1 is 1.26 bits per heavy atom. The van der Waals surface area contributed by atoms with Crippen LogP contribution in [0.2, 0.25) is 0 Å². The highest BCUT2D eigenvalue weighted by Gasteiger charge is 2.31. The largest absolute Gasteiger partial charge is 0.336 e. The quantitative estimate of drug-likeness (QED) is 0.823. The van der Waals surface area contributed by atoms with Crippen molar-refractivity contribution < 1.29 is 9.59 Å². The molecule has 1 aliphatic rings. The Hall–Kier alpha value is -2.64. The van der Waals surface area contributed by atoms with Crippen LogP contribution in [0.1, 0.15) is 49.3 Å². The summed E-state index contributed by atoms with van der Waals surface area (Å²) < 4.78 is 1.90. The molecule has 0 aromatic carbocycles. The van der Waals surface area contributed by atoms with Gasteiger partial charge in [0.05, 0.1) is 5.56 Å². The summed E-state index contributed by atoms with van der Waals surface area (Å²) in [5.41, 5.74) is 1.34. The Balaban J connectivity index is 1.88. The van der Waals surface area contributed by atoms with E-state index >= 15 is 0 Å². The number of pyridine rings is 1. The number of amides is 3. The number of likely N-dealkylation sites (tertiary alicyclic amines) is 1. The first-order valence-corrected chi connectivity index (χ1v) is 9.45. The predicted molar refractivity (Wildman–Crippen MR) is 103 cm³/mol. The first kappa shape index (κ1) is 19.1. The van der Waals surface area contributed by atoms with E-state index in [1.54, 1.807) is 25.1 Å². The molecule has 3 amide bonds. The van der Waals surface area contributed by atoms with E-state index in [1.165, 1.54) is 0 Å². The molecule has 1 aliphatic heterocycles. The number of rotatable bonds is 4. The number of hydrogen-bond donors (Lipinski definition) is 0. The first-order chi connectivity index (χ1) is 12.8. The highest BCUT2D eigenvalue weighted by atomic mass is 16.2. The molecule has 0 aliphatic carbocycles. The Kier molecular flexibility index (Phi) is 5.34. The van der Waals surface area contributed by atoms with Crippen molar-refractivity contribution in [1.29, 1.82) is 0 Å². The fourth-order valence-electron chi connectivity index (χ4n) is 3.65. The van der Waals surface area contributed by atoms with Crippen LogP contribution in [-0.2, 0) is 0 Å². The summed E-state index contributed by atoms with van der Waals surface area (Å²) in [6.45, 7) is 7.98. The maximum absolute atomic E-state index is 12.8. The second kappa shape index (κ2) is 7.54. The lowest BCUT2D eigenvalue weighted by molar-refractivity contribution is 0.0716. The molecule has 1 saturated heterocycles. The Labute approximate surface area is 159 Å². The monoisotopic (exact) mass is 372 g/mol. The number of carbonyl (C=O) groups is 2. The van der Waals surface area contributed by atoms with Gasteiger partial charge in [0.25, 0.3) is 5.91 Å². The van der Waals surface area contributed by atoms with Gasteiger partial charge >= 0.3 is 6.03 Å². The summed E-state index contributed by atoms with van der Waals surface area (Å²) in [6.07, 6.45) is 2.67. The van der Waals surface area contributed by atoms with Crippen LogP contribution < -0.4 is 0 Å². The van der Waals surface area contributed by atoms with Gasteiger partial charge in [-0.3, -0.25) is 9.20 Å². The maximum Gasteiger partial charge on any atom is 0.319 e. The third-order valence-corrected chi connectivity index (χ3v) is 5.11. The molecule has 0 radical (unpaired) electrons. The van der Waals surface area contributed by atoms with Gasteiger partial charge in [-0.25, -0.2) is 4.79 Å². The average Bonchev–Trinajstić information content (AvgIpc) is 3.27. The van der Waals surface area contributed by atoms with Crippen LogP contribution in [0.15, 0.2) is 18.3 Å². The number of urea groups is 1. The van der Waals surface area contributed by atoms with E-state index in [4.69, 9.17) is 0 Å². The molecule has 1 fully saturated rings. The van der Waals surface area contributed by atoms with E-state index in [-0.39, 0.29) is 23.9 Å². The molecule has 27 heavy (non-hydrogen) atoms. The fraction of sp³-hybridized carbons (Fsp3) is 0.579. The van der Waals surface area contributed by atoms with Crippen LogP contribution in [0.3, 0.4) is 0 Å². The van der Waals surface area contributed by atoms with Gasteiger partial charge in [0.15, 0.2) is 5.65 Å². The molecular weight excluding hydrogens is 344 g/mol. The normalized spacial score (nSPS) is 17.0. The van der Waals surface area contributed by atoms with Crippen molar-refractivity contribution in [3.63, 3.8) is 0 Å². The van der Waals surface area contributed by atoms with E-state index < -0.39 is 0 Å². The van der Waals surface area contributed by atoms with Crippen molar-refractivity contribution in [2.45, 2.75) is 39.2 Å². The van der Waals surface area contributed by atoms with Gasteiger partial charge < -0.3 is 14.7 Å². The van der Waals surface area contributed by atoms with E-state index in [9.17, 15) is 9.59 Å². The van der Waals surface area contributed by atoms with Crippen LogP contribution in [0, 0.1) is 0 Å². The average molecular weight is 372 g/mol. The molecule has 0 saturated carbocycles. The van der Waals surface area contributed by atoms with Crippen LogP contribution in [-0.4, -0.2) is 81.0 Å². The van der Waals surface area contributed by atoms with Crippen LogP contribution in [0.5, 0.6) is 0 Å². The summed E-state index contributed by atoms with van der Waals surface area (Å²) in [6, 6.07) is 3.78. The number of fused-ring (bicyclic) bond motifs is 1. The van der Waals surface area contributed by atoms with Crippen molar-refractivity contribution in [2.75, 3.05) is 33.7 Å². The fourth-order valence-corrected chi connectivity index (χ4v) is 3.65. The van der Waals surface area contributed by atoms with Gasteiger partial charge in [0.2, 0.25) is 0 Å². The van der Waals surface area contributed by atoms with Crippen molar-refractivity contribution >= 4 is 17.6 Å². The molecule has 0 spiro atoms. The molecule has 2 aromatic heterocycles. The molecule has 0 N–H and O–H groups in total. The van der Waals surface area contributed by atoms with Gasteiger partial charge in [0.1, 0.15) is 5.82 Å². The SMILES string of the molecule is CCN(C(=O)c1ccc2nnc(C3CCN(C(=O)N(C)C)C3)n2c1)C(C)C. The standard InChI is InChI=1S/C19H28N6O2/c1-6-24(13(2)3)18(26)15-7-8-16-20-21-17(25(16)12-15)14-9-10-23(11-14)19(27)22(4)5/h7-8,12-14H,6,9-11H2,1-5H3. The topological polar surface area (TPSA) is 74.0 Å². The lowest BCUT2D eigenvalue weighted by atomic mass is 10.1. The summed E-state index contributed by atoms with van der Waals surface area (Å²) in [5.74, 6) is 0.924. The first-order valence-electron chi connectivity index (χ1n) is 9.45. The lowest BCUT2D eigenvalue weighted by Crippen LogP contribution is -2.37. The van der Waals surface area contributed by atoms with Crippen LogP contribution >= 0.6 is 0 Å². The summed E-state index contributed by atoms with van der Waals surface area (Å²) in [7, 11) is 3.52. The Morgan fingerprint density at radius 3 is 2.63 bits per heavy atom. The zero-order chi connectivity index (χ0) is 19.7. The number of aromatic nitrogens is 3. The molecule has 146 valence electrons. The molecule has 1 unspecified atom stereocenters. The molecular formula is C19H28N6O2. The molecule has 0 bridgehead atoms. The molecule has 2 aromatic rings. The second-order valence-corrected chi connectivity index (χ2v) is 7.50. The summed E-state index contributed by atoms with van der Waals surface area (Å²) in [5, 5.41) is 8.60. The van der Waals surface area contributed by atoms with Crippen molar-refractivity contribution in [1.82, 2.24) is 29.3 Å². The highest BCUT2D eigenvalue weighted by molar-refractivity contribution is 5.94. The third kappa shape index (κ3) is 3.61. The maximum atomic E-state index is 12.8. The van der Waals surface area contributed by atoms with Crippen molar-refractivity contribution in [3.8, 4) is 0 Å². The van der Waals surface area contributed by atoms with Crippen LogP contribution in [0.25, 0.3) is 5.65 Å². The minimum atomic E-state index is 0.00452. The Morgan fingerprint density at radius 2 is 2.00 bits per heavy atom. The predicted octanol–water partition coefficient (Wildman–Crippen LogP) is 2.07. The van der Waals surface area contributed by atoms with Gasteiger partial charge in [-0.05, 0) is 39.3 Å². The molecule has 3 rings (SSSR count). The molecule has 3 heterocycles. The van der Waals surface area contributed by atoms with Gasteiger partial charge in [-0.15, -0.1) is 10.2 Å². The molecule has 8 heteroatoms.